The summed E-state index contributed by atoms with van der Waals surface area (Å²) >= 11 is 0. The van der Waals surface area contributed by atoms with E-state index in [-0.39, 0.29) is 0 Å². The van der Waals surface area contributed by atoms with Crippen molar-refractivity contribution in [3.05, 3.63) is 29.3 Å². The van der Waals surface area contributed by atoms with Gasteiger partial charge in [-0.05, 0) is 25.0 Å². The van der Waals surface area contributed by atoms with Crippen molar-refractivity contribution in [3.8, 4) is 5.75 Å². The van der Waals surface area contributed by atoms with Gasteiger partial charge in [-0.2, -0.15) is 0 Å². The second-order valence-corrected chi connectivity index (χ2v) is 4.75. The minimum Gasteiger partial charge on any atom is -0.490 e. The number of aliphatic hydroxyl groups excluding tert-OH is 1. The highest BCUT2D eigenvalue weighted by Crippen LogP contribution is 2.22. The van der Waals surface area contributed by atoms with E-state index in [1.54, 1.807) is 0 Å². The summed E-state index contributed by atoms with van der Waals surface area (Å²) in [4.78, 5) is 0. The molecule has 0 unspecified atom stereocenters. The van der Waals surface area contributed by atoms with E-state index in [4.69, 9.17) is 4.74 Å². The van der Waals surface area contributed by atoms with E-state index in [1.807, 2.05) is 32.0 Å². The predicted octanol–water partition coefficient (Wildman–Crippen LogP) is 2.04. The normalized spacial score (nSPS) is 12.8. The van der Waals surface area contributed by atoms with Crippen molar-refractivity contribution in [1.82, 2.24) is 5.32 Å². The second-order valence-electron chi connectivity index (χ2n) is 4.75. The Morgan fingerprint density at radius 1 is 1.24 bits per heavy atom. The first-order valence-corrected chi connectivity index (χ1v) is 6.11. The topological polar surface area (TPSA) is 41.5 Å². The Bertz CT molecular complexity index is 330. The first-order chi connectivity index (χ1) is 8.00. The van der Waals surface area contributed by atoms with Gasteiger partial charge in [0.15, 0.2) is 0 Å². The third-order valence-corrected chi connectivity index (χ3v) is 2.59. The Kier molecular flexibility index (Phi) is 5.45. The SMILES string of the molecule is Cc1cccc(C)c1OC[C@H](O)CNC(C)C. The molecule has 0 bridgehead atoms. The molecular formula is C14H23NO2. The highest BCUT2D eigenvalue weighted by Gasteiger charge is 2.08. The second kappa shape index (κ2) is 6.62. The van der Waals surface area contributed by atoms with E-state index >= 15 is 0 Å². The average molecular weight is 237 g/mol. The number of hydrogen-bond donors (Lipinski definition) is 2. The van der Waals surface area contributed by atoms with Gasteiger partial charge in [-0.1, -0.05) is 32.0 Å². The van der Waals surface area contributed by atoms with Crippen molar-refractivity contribution in [2.45, 2.75) is 39.8 Å². The van der Waals surface area contributed by atoms with Crippen LogP contribution in [0.15, 0.2) is 18.2 Å². The number of rotatable bonds is 6. The van der Waals surface area contributed by atoms with Crippen molar-refractivity contribution in [2.75, 3.05) is 13.2 Å². The molecule has 1 aromatic carbocycles. The molecule has 0 aliphatic heterocycles. The van der Waals surface area contributed by atoms with Gasteiger partial charge >= 0.3 is 0 Å². The maximum absolute atomic E-state index is 9.75. The molecule has 1 rings (SSSR count). The molecule has 0 aliphatic carbocycles. The van der Waals surface area contributed by atoms with Crippen LogP contribution in [-0.2, 0) is 0 Å². The molecule has 0 aliphatic rings. The number of benzene rings is 1. The first-order valence-electron chi connectivity index (χ1n) is 6.11. The van der Waals surface area contributed by atoms with Gasteiger partial charge in [0, 0.05) is 12.6 Å². The summed E-state index contributed by atoms with van der Waals surface area (Å²) in [6.45, 7) is 9.02. The van der Waals surface area contributed by atoms with Crippen molar-refractivity contribution in [2.24, 2.45) is 0 Å². The van der Waals surface area contributed by atoms with E-state index < -0.39 is 6.10 Å². The standard InChI is InChI=1S/C14H23NO2/c1-10(2)15-8-13(16)9-17-14-11(3)6-5-7-12(14)4/h5-7,10,13,15-16H,8-9H2,1-4H3/t13-/m1/s1. The molecule has 0 amide bonds. The molecular weight excluding hydrogens is 214 g/mol. The fourth-order valence-corrected chi connectivity index (χ4v) is 1.64. The molecule has 3 heteroatoms. The molecule has 0 aromatic heterocycles. The van der Waals surface area contributed by atoms with Crippen molar-refractivity contribution in [1.29, 1.82) is 0 Å². The predicted molar refractivity (Wildman–Crippen MR) is 70.6 cm³/mol. The lowest BCUT2D eigenvalue weighted by Crippen LogP contribution is -2.35. The third kappa shape index (κ3) is 4.75. The number of hydrogen-bond acceptors (Lipinski definition) is 3. The van der Waals surface area contributed by atoms with Crippen LogP contribution < -0.4 is 10.1 Å². The number of ether oxygens (including phenoxy) is 1. The van der Waals surface area contributed by atoms with Crippen LogP contribution in [0.5, 0.6) is 5.75 Å². The lowest BCUT2D eigenvalue weighted by atomic mass is 10.1. The highest BCUT2D eigenvalue weighted by atomic mass is 16.5. The van der Waals surface area contributed by atoms with E-state index in [1.165, 1.54) is 0 Å². The molecule has 0 radical (unpaired) electrons. The van der Waals surface area contributed by atoms with Gasteiger partial charge in [-0.15, -0.1) is 0 Å². The molecule has 0 heterocycles. The Labute approximate surface area is 104 Å². The van der Waals surface area contributed by atoms with Crippen molar-refractivity contribution in [3.63, 3.8) is 0 Å². The van der Waals surface area contributed by atoms with Crippen LogP contribution in [0, 0.1) is 13.8 Å². The molecule has 1 atom stereocenters. The summed E-state index contributed by atoms with van der Waals surface area (Å²) in [5.74, 6) is 0.885. The zero-order chi connectivity index (χ0) is 12.8. The summed E-state index contributed by atoms with van der Waals surface area (Å²) < 4.78 is 5.67. The van der Waals surface area contributed by atoms with Gasteiger partial charge in [0.05, 0.1) is 0 Å². The van der Waals surface area contributed by atoms with Gasteiger partial charge in [0.2, 0.25) is 0 Å². The van der Waals surface area contributed by atoms with Gasteiger partial charge in [-0.25, -0.2) is 0 Å². The molecule has 0 fully saturated rings. The monoisotopic (exact) mass is 237 g/mol. The molecule has 3 nitrogen and oxygen atoms in total. The molecule has 1 aromatic rings. The molecule has 96 valence electrons. The van der Waals surface area contributed by atoms with Crippen LogP contribution in [0.4, 0.5) is 0 Å². The van der Waals surface area contributed by atoms with Crippen LogP contribution in [0.3, 0.4) is 0 Å². The van der Waals surface area contributed by atoms with Crippen molar-refractivity contribution < 1.29 is 9.84 Å². The summed E-state index contributed by atoms with van der Waals surface area (Å²) in [7, 11) is 0. The number of nitrogens with one attached hydrogen (secondary N) is 1. The summed E-state index contributed by atoms with van der Waals surface area (Å²) in [6, 6.07) is 6.42. The van der Waals surface area contributed by atoms with Gasteiger partial charge in [0.1, 0.15) is 18.5 Å². The molecule has 0 saturated heterocycles. The van der Waals surface area contributed by atoms with Crippen molar-refractivity contribution >= 4 is 0 Å². The molecule has 0 spiro atoms. The van der Waals surface area contributed by atoms with E-state index in [2.05, 4.69) is 19.2 Å². The Morgan fingerprint density at radius 3 is 2.35 bits per heavy atom. The van der Waals surface area contributed by atoms with Gasteiger partial charge in [0.25, 0.3) is 0 Å². The Morgan fingerprint density at radius 2 is 1.82 bits per heavy atom. The summed E-state index contributed by atoms with van der Waals surface area (Å²) in [6.07, 6.45) is -0.476. The minimum absolute atomic E-state index is 0.325. The van der Waals surface area contributed by atoms with Crippen LogP contribution in [0.1, 0.15) is 25.0 Å². The smallest absolute Gasteiger partial charge is 0.125 e. The zero-order valence-corrected chi connectivity index (χ0v) is 11.2. The fraction of sp³-hybridized carbons (Fsp3) is 0.571. The number of aryl methyl sites for hydroxylation is 2. The third-order valence-electron chi connectivity index (χ3n) is 2.59. The van der Waals surface area contributed by atoms with E-state index in [9.17, 15) is 5.11 Å². The molecule has 2 N–H and O–H groups in total. The average Bonchev–Trinajstić information content (AvgIpc) is 2.25. The van der Waals surface area contributed by atoms with Crippen LogP contribution >= 0.6 is 0 Å². The number of para-hydroxylation sites is 1. The largest absolute Gasteiger partial charge is 0.490 e. The Hall–Kier alpha value is -1.06. The number of aliphatic hydroxyl groups is 1. The highest BCUT2D eigenvalue weighted by molar-refractivity contribution is 5.39. The van der Waals surface area contributed by atoms with Crippen LogP contribution in [0.2, 0.25) is 0 Å². The van der Waals surface area contributed by atoms with E-state index in [0.29, 0.717) is 19.2 Å². The lowest BCUT2D eigenvalue weighted by molar-refractivity contribution is 0.104. The zero-order valence-electron chi connectivity index (χ0n) is 11.2. The summed E-state index contributed by atoms with van der Waals surface area (Å²) in [5, 5.41) is 12.9. The molecule has 0 saturated carbocycles. The summed E-state index contributed by atoms with van der Waals surface area (Å²) in [5.41, 5.74) is 2.21. The lowest BCUT2D eigenvalue weighted by Gasteiger charge is -2.17. The van der Waals surface area contributed by atoms with Crippen LogP contribution in [-0.4, -0.2) is 30.4 Å². The van der Waals surface area contributed by atoms with E-state index in [0.717, 1.165) is 16.9 Å². The van der Waals surface area contributed by atoms with Crippen LogP contribution in [0.25, 0.3) is 0 Å². The molecule has 17 heavy (non-hydrogen) atoms. The minimum atomic E-state index is -0.476. The first kappa shape index (κ1) is 14.0. The quantitative estimate of drug-likeness (QED) is 0.795. The maximum Gasteiger partial charge on any atom is 0.125 e. The fourth-order valence-electron chi connectivity index (χ4n) is 1.64. The van der Waals surface area contributed by atoms with Gasteiger partial charge in [-0.3, -0.25) is 0 Å². The Balaban J connectivity index is 2.44. The maximum atomic E-state index is 9.75. The van der Waals surface area contributed by atoms with Gasteiger partial charge < -0.3 is 15.2 Å².